The van der Waals surface area contributed by atoms with Crippen molar-refractivity contribution >= 4 is 0 Å². The summed E-state index contributed by atoms with van der Waals surface area (Å²) in [7, 11) is 2.24. The molecule has 140 valence electrons. The lowest BCUT2D eigenvalue weighted by Crippen LogP contribution is -3.27. The van der Waals surface area contributed by atoms with Crippen molar-refractivity contribution in [3.05, 3.63) is 77.4 Å². The Morgan fingerprint density at radius 3 is 2.41 bits per heavy atom. The van der Waals surface area contributed by atoms with Crippen LogP contribution in [-0.4, -0.2) is 53.4 Å². The van der Waals surface area contributed by atoms with Gasteiger partial charge in [-0.1, -0.05) is 42.5 Å². The summed E-state index contributed by atoms with van der Waals surface area (Å²) in [6.45, 7) is 4.96. The van der Waals surface area contributed by atoms with Crippen LogP contribution in [-0.2, 0) is 6.54 Å². The summed E-state index contributed by atoms with van der Waals surface area (Å²) in [4.78, 5) is 3.05. The van der Waals surface area contributed by atoms with Crippen LogP contribution in [0.2, 0.25) is 0 Å². The van der Waals surface area contributed by atoms with Gasteiger partial charge in [0, 0.05) is 5.56 Å². The van der Waals surface area contributed by atoms with Gasteiger partial charge in [-0.2, -0.15) is 0 Å². The zero-order chi connectivity index (χ0) is 18.6. The van der Waals surface area contributed by atoms with Crippen LogP contribution in [0.5, 0.6) is 0 Å². The van der Waals surface area contributed by atoms with E-state index in [9.17, 15) is 4.39 Å². The van der Waals surface area contributed by atoms with E-state index in [2.05, 4.69) is 46.8 Å². The van der Waals surface area contributed by atoms with Crippen molar-refractivity contribution in [2.75, 3.05) is 33.2 Å². The fraction of sp³-hybridized carbons (Fsp3) is 0.350. The molecule has 6 nitrogen and oxygen atoms in total. The average Bonchev–Trinajstić information content (AvgIpc) is 3.14. The Morgan fingerprint density at radius 1 is 1.00 bits per heavy atom. The number of hydrogen-bond donors (Lipinski definition) is 2. The zero-order valence-electron chi connectivity index (χ0n) is 15.5. The number of likely N-dealkylation sites (N-methyl/N-ethyl adjacent to an activating group) is 1. The number of hydrogen-bond acceptors (Lipinski definition) is 3. The number of nitrogens with one attached hydrogen (secondary N) is 2. The highest BCUT2D eigenvalue weighted by Gasteiger charge is 2.34. The van der Waals surface area contributed by atoms with E-state index in [1.165, 1.54) is 22.6 Å². The standard InChI is InChI=1S/C20H23FN6/c1-25-11-13-26(14-12-25)19(17-5-3-2-4-6-17)20-22-23-24-27(20)15-16-7-9-18(21)10-8-16/h2-10,19H,11-15H2,1H3/p+2/t19-/m1/s1. The van der Waals surface area contributed by atoms with E-state index in [1.807, 2.05) is 10.7 Å². The van der Waals surface area contributed by atoms with E-state index in [0.29, 0.717) is 6.54 Å². The zero-order valence-corrected chi connectivity index (χ0v) is 15.5. The molecule has 27 heavy (non-hydrogen) atoms. The first-order valence-corrected chi connectivity index (χ1v) is 9.42. The maximum absolute atomic E-state index is 13.2. The van der Waals surface area contributed by atoms with E-state index in [1.54, 1.807) is 17.0 Å². The minimum Gasteiger partial charge on any atom is -0.328 e. The summed E-state index contributed by atoms with van der Waals surface area (Å²) in [5.74, 6) is 0.627. The molecule has 7 heteroatoms. The summed E-state index contributed by atoms with van der Waals surface area (Å²) < 4.78 is 15.1. The lowest BCUT2D eigenvalue weighted by atomic mass is 10.0. The first kappa shape index (κ1) is 17.8. The predicted molar refractivity (Wildman–Crippen MR) is 98.9 cm³/mol. The number of halogens is 1. The van der Waals surface area contributed by atoms with Crippen LogP contribution in [0.1, 0.15) is 23.0 Å². The molecule has 0 unspecified atom stereocenters. The number of tetrazole rings is 1. The molecule has 2 aromatic carbocycles. The van der Waals surface area contributed by atoms with Gasteiger partial charge in [0.15, 0.2) is 6.04 Å². The molecule has 0 aliphatic carbocycles. The molecule has 0 bridgehead atoms. The van der Waals surface area contributed by atoms with Gasteiger partial charge in [0.2, 0.25) is 5.82 Å². The summed E-state index contributed by atoms with van der Waals surface area (Å²) in [6.07, 6.45) is 0. The maximum Gasteiger partial charge on any atom is 0.214 e. The Bertz CT molecular complexity index is 856. The molecule has 4 rings (SSSR count). The molecule has 0 radical (unpaired) electrons. The largest absolute Gasteiger partial charge is 0.328 e. The molecule has 1 atom stereocenters. The molecule has 0 spiro atoms. The number of benzene rings is 2. The molecule has 1 saturated heterocycles. The van der Waals surface area contributed by atoms with Gasteiger partial charge >= 0.3 is 0 Å². The van der Waals surface area contributed by atoms with Gasteiger partial charge in [0.25, 0.3) is 0 Å². The summed E-state index contributed by atoms with van der Waals surface area (Å²) in [5, 5.41) is 12.6. The van der Waals surface area contributed by atoms with Crippen LogP contribution in [0.4, 0.5) is 4.39 Å². The van der Waals surface area contributed by atoms with Crippen molar-refractivity contribution in [3.63, 3.8) is 0 Å². The minimum atomic E-state index is -0.234. The SMILES string of the molecule is C[NH+]1CC[NH+]([C@H](c2ccccc2)c2nnnn2Cc2ccc(F)cc2)CC1. The van der Waals surface area contributed by atoms with Crippen LogP contribution in [0.25, 0.3) is 0 Å². The van der Waals surface area contributed by atoms with E-state index in [-0.39, 0.29) is 11.9 Å². The molecular weight excluding hydrogens is 343 g/mol. The predicted octanol–water partition coefficient (Wildman–Crippen LogP) is -0.637. The third kappa shape index (κ3) is 4.04. The third-order valence-corrected chi connectivity index (χ3v) is 5.35. The third-order valence-electron chi connectivity index (χ3n) is 5.35. The Morgan fingerprint density at radius 2 is 1.70 bits per heavy atom. The highest BCUT2D eigenvalue weighted by atomic mass is 19.1. The van der Waals surface area contributed by atoms with E-state index < -0.39 is 0 Å². The second-order valence-corrected chi connectivity index (χ2v) is 7.28. The molecule has 1 aromatic heterocycles. The van der Waals surface area contributed by atoms with Crippen LogP contribution >= 0.6 is 0 Å². The van der Waals surface area contributed by atoms with Crippen molar-refractivity contribution < 1.29 is 14.2 Å². The Kier molecular flexibility index (Phi) is 5.22. The van der Waals surface area contributed by atoms with Gasteiger partial charge in [-0.05, 0) is 28.1 Å². The highest BCUT2D eigenvalue weighted by molar-refractivity contribution is 5.23. The smallest absolute Gasteiger partial charge is 0.214 e. The van der Waals surface area contributed by atoms with E-state index in [4.69, 9.17) is 0 Å². The lowest BCUT2D eigenvalue weighted by molar-refractivity contribution is -1.02. The topological polar surface area (TPSA) is 52.5 Å². The lowest BCUT2D eigenvalue weighted by Gasteiger charge is -2.32. The van der Waals surface area contributed by atoms with Crippen LogP contribution in [0, 0.1) is 5.82 Å². The van der Waals surface area contributed by atoms with Gasteiger partial charge < -0.3 is 9.80 Å². The normalized spacial score (nSPS) is 21.1. The number of nitrogens with zero attached hydrogens (tertiary/aromatic N) is 4. The quantitative estimate of drug-likeness (QED) is 0.630. The fourth-order valence-corrected chi connectivity index (χ4v) is 3.79. The van der Waals surface area contributed by atoms with Gasteiger partial charge in [0.1, 0.15) is 32.0 Å². The summed E-state index contributed by atoms with van der Waals surface area (Å²) in [5.41, 5.74) is 2.21. The molecule has 1 aliphatic heterocycles. The highest BCUT2D eigenvalue weighted by Crippen LogP contribution is 2.17. The minimum absolute atomic E-state index is 0.0924. The molecule has 2 heterocycles. The first-order valence-electron chi connectivity index (χ1n) is 9.42. The van der Waals surface area contributed by atoms with Gasteiger partial charge in [0.05, 0.1) is 13.6 Å². The second-order valence-electron chi connectivity index (χ2n) is 7.28. The molecule has 0 saturated carbocycles. The molecule has 1 fully saturated rings. The van der Waals surface area contributed by atoms with Crippen LogP contribution in [0.15, 0.2) is 54.6 Å². The van der Waals surface area contributed by atoms with E-state index >= 15 is 0 Å². The van der Waals surface area contributed by atoms with Crippen molar-refractivity contribution in [2.45, 2.75) is 12.6 Å². The second kappa shape index (κ2) is 7.94. The number of rotatable bonds is 5. The Balaban J connectivity index is 1.66. The maximum atomic E-state index is 13.2. The molecule has 1 aliphatic rings. The van der Waals surface area contributed by atoms with Crippen molar-refractivity contribution in [1.82, 2.24) is 20.2 Å². The van der Waals surface area contributed by atoms with Gasteiger partial charge in [-0.25, -0.2) is 9.07 Å². The first-order chi connectivity index (χ1) is 13.2. The van der Waals surface area contributed by atoms with Gasteiger partial charge in [-0.15, -0.1) is 5.10 Å². The number of quaternary nitrogens is 2. The van der Waals surface area contributed by atoms with Crippen molar-refractivity contribution in [2.24, 2.45) is 0 Å². The van der Waals surface area contributed by atoms with Gasteiger partial charge in [-0.3, -0.25) is 0 Å². The number of aromatic nitrogens is 4. The van der Waals surface area contributed by atoms with Crippen molar-refractivity contribution in [3.8, 4) is 0 Å². The Hall–Kier alpha value is -2.64. The molecule has 2 N–H and O–H groups in total. The molecule has 0 amide bonds. The molecular formula is C20H25FN6+2. The summed E-state index contributed by atoms with van der Waals surface area (Å²) >= 11 is 0. The van der Waals surface area contributed by atoms with Crippen molar-refractivity contribution in [1.29, 1.82) is 0 Å². The van der Waals surface area contributed by atoms with Crippen LogP contribution < -0.4 is 9.80 Å². The average molecular weight is 368 g/mol. The Labute approximate surface area is 158 Å². The fourth-order valence-electron chi connectivity index (χ4n) is 3.79. The monoisotopic (exact) mass is 368 g/mol. The van der Waals surface area contributed by atoms with Crippen LogP contribution in [0.3, 0.4) is 0 Å². The number of piperazine rings is 1. The van der Waals surface area contributed by atoms with E-state index in [0.717, 1.165) is 37.6 Å². The summed E-state index contributed by atoms with van der Waals surface area (Å²) in [6, 6.07) is 17.1. The molecule has 3 aromatic rings.